The molecule has 0 aliphatic heterocycles. The van der Waals surface area contributed by atoms with Crippen LogP contribution in [0.3, 0.4) is 0 Å². The zero-order chi connectivity index (χ0) is 9.56. The molecule has 0 fully saturated rings. The van der Waals surface area contributed by atoms with Crippen molar-refractivity contribution in [1.29, 1.82) is 0 Å². The van der Waals surface area contributed by atoms with E-state index in [1.54, 1.807) is 20.8 Å². The molecule has 0 bridgehead atoms. The maximum atomic E-state index is 11.0. The molecule has 0 aliphatic carbocycles. The predicted molar refractivity (Wildman–Crippen MR) is 44.2 cm³/mol. The van der Waals surface area contributed by atoms with Crippen molar-refractivity contribution in [2.45, 2.75) is 20.8 Å². The SMILES string of the molecule is CCOC(=O)/C(C)=C(\C)NC=O. The van der Waals surface area contributed by atoms with E-state index in [1.165, 1.54) is 0 Å². The maximum Gasteiger partial charge on any atom is 0.335 e. The number of carbonyl (C=O) groups excluding carboxylic acids is 2. The van der Waals surface area contributed by atoms with E-state index >= 15 is 0 Å². The van der Waals surface area contributed by atoms with E-state index < -0.39 is 5.97 Å². The molecule has 0 unspecified atom stereocenters. The summed E-state index contributed by atoms with van der Waals surface area (Å²) in [5, 5.41) is 2.38. The fourth-order valence-corrected chi connectivity index (χ4v) is 0.589. The first-order valence-electron chi connectivity index (χ1n) is 3.68. The Balaban J connectivity index is 4.31. The first-order valence-corrected chi connectivity index (χ1v) is 3.68. The van der Waals surface area contributed by atoms with Crippen molar-refractivity contribution in [2.24, 2.45) is 0 Å². The molecule has 1 amide bonds. The second-order valence-corrected chi connectivity index (χ2v) is 2.23. The molecule has 0 rings (SSSR count). The second-order valence-electron chi connectivity index (χ2n) is 2.23. The maximum absolute atomic E-state index is 11.0. The van der Waals surface area contributed by atoms with Gasteiger partial charge in [-0.1, -0.05) is 0 Å². The van der Waals surface area contributed by atoms with Crippen LogP contribution in [0.5, 0.6) is 0 Å². The Morgan fingerprint density at radius 2 is 2.08 bits per heavy atom. The lowest BCUT2D eigenvalue weighted by molar-refractivity contribution is -0.138. The van der Waals surface area contributed by atoms with Crippen LogP contribution in [0.2, 0.25) is 0 Å². The number of allylic oxidation sites excluding steroid dienone is 1. The van der Waals surface area contributed by atoms with Gasteiger partial charge in [0.1, 0.15) is 0 Å². The third-order valence-corrected chi connectivity index (χ3v) is 1.42. The number of esters is 1. The summed E-state index contributed by atoms with van der Waals surface area (Å²) in [5.74, 6) is -0.399. The lowest BCUT2D eigenvalue weighted by Gasteiger charge is -2.04. The van der Waals surface area contributed by atoms with E-state index in [-0.39, 0.29) is 0 Å². The molecule has 68 valence electrons. The molecule has 0 saturated heterocycles. The monoisotopic (exact) mass is 171 g/mol. The van der Waals surface area contributed by atoms with Crippen LogP contribution in [0.1, 0.15) is 20.8 Å². The van der Waals surface area contributed by atoms with Gasteiger partial charge < -0.3 is 10.1 Å². The van der Waals surface area contributed by atoms with Crippen molar-refractivity contribution in [3.8, 4) is 0 Å². The number of nitrogens with one attached hydrogen (secondary N) is 1. The van der Waals surface area contributed by atoms with E-state index in [0.29, 0.717) is 24.3 Å². The van der Waals surface area contributed by atoms with Crippen LogP contribution in [0, 0.1) is 0 Å². The van der Waals surface area contributed by atoms with E-state index in [9.17, 15) is 9.59 Å². The molecule has 4 heteroatoms. The van der Waals surface area contributed by atoms with Crippen LogP contribution in [0.25, 0.3) is 0 Å². The van der Waals surface area contributed by atoms with Gasteiger partial charge in [-0.2, -0.15) is 0 Å². The van der Waals surface area contributed by atoms with Crippen LogP contribution in [-0.2, 0) is 14.3 Å². The minimum absolute atomic E-state index is 0.338. The topological polar surface area (TPSA) is 55.4 Å². The Hall–Kier alpha value is -1.32. The predicted octanol–water partition coefficient (Wildman–Crippen LogP) is 0.589. The van der Waals surface area contributed by atoms with Crippen LogP contribution in [0.15, 0.2) is 11.3 Å². The summed E-state index contributed by atoms with van der Waals surface area (Å²) in [6.45, 7) is 5.31. The molecule has 0 spiro atoms. The summed E-state index contributed by atoms with van der Waals surface area (Å²) in [5.41, 5.74) is 0.937. The van der Waals surface area contributed by atoms with Crippen molar-refractivity contribution in [3.05, 3.63) is 11.3 Å². The van der Waals surface area contributed by atoms with Gasteiger partial charge in [0, 0.05) is 5.70 Å². The highest BCUT2D eigenvalue weighted by molar-refractivity contribution is 5.88. The summed E-state index contributed by atoms with van der Waals surface area (Å²) in [7, 11) is 0. The average Bonchev–Trinajstić information content (AvgIpc) is 2.04. The van der Waals surface area contributed by atoms with Crippen molar-refractivity contribution < 1.29 is 14.3 Å². The Morgan fingerprint density at radius 1 is 1.50 bits per heavy atom. The molecule has 0 aromatic heterocycles. The summed E-state index contributed by atoms with van der Waals surface area (Å²) in [4.78, 5) is 21.0. The van der Waals surface area contributed by atoms with Crippen LogP contribution >= 0.6 is 0 Å². The fourth-order valence-electron chi connectivity index (χ4n) is 0.589. The Kier molecular flexibility index (Phi) is 4.76. The van der Waals surface area contributed by atoms with Crippen molar-refractivity contribution in [3.63, 3.8) is 0 Å². The van der Waals surface area contributed by atoms with E-state index in [0.717, 1.165) is 0 Å². The van der Waals surface area contributed by atoms with Gasteiger partial charge in [0.15, 0.2) is 0 Å². The van der Waals surface area contributed by atoms with Crippen LogP contribution in [-0.4, -0.2) is 19.0 Å². The summed E-state index contributed by atoms with van der Waals surface area (Å²) in [6, 6.07) is 0. The van der Waals surface area contributed by atoms with Gasteiger partial charge in [-0.3, -0.25) is 4.79 Å². The zero-order valence-corrected chi connectivity index (χ0v) is 7.51. The quantitative estimate of drug-likeness (QED) is 0.382. The largest absolute Gasteiger partial charge is 0.463 e. The van der Waals surface area contributed by atoms with E-state index in [2.05, 4.69) is 5.32 Å². The molecule has 0 radical (unpaired) electrons. The molecule has 0 atom stereocenters. The molecule has 0 aromatic carbocycles. The molecule has 1 N–H and O–H groups in total. The Labute approximate surface area is 71.6 Å². The van der Waals surface area contributed by atoms with Crippen LogP contribution in [0.4, 0.5) is 0 Å². The van der Waals surface area contributed by atoms with Gasteiger partial charge in [-0.25, -0.2) is 4.79 Å². The highest BCUT2D eigenvalue weighted by Crippen LogP contribution is 2.01. The lowest BCUT2D eigenvalue weighted by atomic mass is 10.2. The number of hydrogen-bond donors (Lipinski definition) is 1. The average molecular weight is 171 g/mol. The standard InChI is InChI=1S/C8H13NO3/c1-4-12-8(11)6(2)7(3)9-5-10/h5H,4H2,1-3H3,(H,9,10)/b7-6+. The van der Waals surface area contributed by atoms with Gasteiger partial charge in [0.25, 0.3) is 0 Å². The highest BCUT2D eigenvalue weighted by atomic mass is 16.5. The third-order valence-electron chi connectivity index (χ3n) is 1.42. The Morgan fingerprint density at radius 3 is 2.50 bits per heavy atom. The van der Waals surface area contributed by atoms with Crippen molar-refractivity contribution in [2.75, 3.05) is 6.61 Å². The first-order chi connectivity index (χ1) is 5.63. The van der Waals surface area contributed by atoms with Gasteiger partial charge in [-0.05, 0) is 20.8 Å². The number of amides is 1. The molecule has 12 heavy (non-hydrogen) atoms. The number of hydrogen-bond acceptors (Lipinski definition) is 3. The van der Waals surface area contributed by atoms with Gasteiger partial charge >= 0.3 is 5.97 Å². The summed E-state index contributed by atoms with van der Waals surface area (Å²) < 4.78 is 4.72. The first kappa shape index (κ1) is 10.7. The van der Waals surface area contributed by atoms with Gasteiger partial charge in [-0.15, -0.1) is 0 Å². The highest BCUT2D eigenvalue weighted by Gasteiger charge is 2.07. The molecular formula is C8H13NO3. The van der Waals surface area contributed by atoms with Gasteiger partial charge in [0.2, 0.25) is 6.41 Å². The van der Waals surface area contributed by atoms with E-state index in [4.69, 9.17) is 4.74 Å². The molecule has 0 heterocycles. The van der Waals surface area contributed by atoms with Crippen molar-refractivity contribution in [1.82, 2.24) is 5.32 Å². The molecule has 0 saturated carbocycles. The number of rotatable bonds is 4. The minimum atomic E-state index is -0.399. The normalized spacial score (nSPS) is 11.6. The van der Waals surface area contributed by atoms with E-state index in [1.807, 2.05) is 0 Å². The smallest absolute Gasteiger partial charge is 0.335 e. The Bertz CT molecular complexity index is 208. The van der Waals surface area contributed by atoms with Crippen LogP contribution < -0.4 is 5.32 Å². The molecule has 0 aromatic rings. The van der Waals surface area contributed by atoms with Gasteiger partial charge in [0.05, 0.1) is 12.2 Å². The second kappa shape index (κ2) is 5.35. The number of carbonyl (C=O) groups is 2. The molecule has 4 nitrogen and oxygen atoms in total. The molecule has 0 aliphatic rings. The fraction of sp³-hybridized carbons (Fsp3) is 0.500. The zero-order valence-electron chi connectivity index (χ0n) is 7.51. The van der Waals surface area contributed by atoms with Crippen molar-refractivity contribution >= 4 is 12.4 Å². The molecular weight excluding hydrogens is 158 g/mol. The summed E-state index contributed by atoms with van der Waals surface area (Å²) in [6.07, 6.45) is 0.526. The minimum Gasteiger partial charge on any atom is -0.463 e. The third kappa shape index (κ3) is 3.18. The lowest BCUT2D eigenvalue weighted by Crippen LogP contribution is -2.15. The number of ether oxygens (including phenoxy) is 1. The summed E-state index contributed by atoms with van der Waals surface area (Å²) >= 11 is 0.